The first-order valence-corrected chi connectivity index (χ1v) is 11.8. The zero-order valence-corrected chi connectivity index (χ0v) is 19.1. The molecule has 1 unspecified atom stereocenters. The third-order valence-corrected chi connectivity index (χ3v) is 7.56. The van der Waals surface area contributed by atoms with Crippen molar-refractivity contribution in [1.82, 2.24) is 9.80 Å². The smallest absolute Gasteiger partial charge is 0.313 e. The van der Waals surface area contributed by atoms with E-state index in [1.165, 1.54) is 4.90 Å². The van der Waals surface area contributed by atoms with Crippen molar-refractivity contribution in [2.45, 2.75) is 63.8 Å². The number of esters is 1. The highest BCUT2D eigenvalue weighted by Gasteiger charge is 2.72. The molecule has 8 nitrogen and oxygen atoms in total. The molecule has 32 heavy (non-hydrogen) atoms. The first kappa shape index (κ1) is 23.0. The number of unbranched alkanes of at least 4 members (excludes halogenated alkanes) is 1. The lowest BCUT2D eigenvalue weighted by Gasteiger charge is -2.40. The molecule has 0 aromatic rings. The van der Waals surface area contributed by atoms with E-state index in [0.717, 1.165) is 19.3 Å². The molecule has 1 N–H and O–H groups in total. The van der Waals surface area contributed by atoms with Crippen LogP contribution in [-0.2, 0) is 23.9 Å². The highest BCUT2D eigenvalue weighted by atomic mass is 16.6. The van der Waals surface area contributed by atoms with Crippen LogP contribution in [-0.4, -0.2) is 82.8 Å². The molecule has 4 rings (SSSR count). The van der Waals surface area contributed by atoms with E-state index in [1.807, 2.05) is 26.0 Å². The third kappa shape index (κ3) is 3.39. The van der Waals surface area contributed by atoms with Gasteiger partial charge in [0.2, 0.25) is 11.8 Å². The summed E-state index contributed by atoms with van der Waals surface area (Å²) in [5.74, 6) is -2.69. The summed E-state index contributed by atoms with van der Waals surface area (Å²) in [5.41, 5.74) is -1.26. The van der Waals surface area contributed by atoms with E-state index in [1.54, 1.807) is 17.1 Å². The maximum Gasteiger partial charge on any atom is 0.313 e. The summed E-state index contributed by atoms with van der Waals surface area (Å²) in [6.07, 6.45) is 9.11. The fraction of sp³-hybridized carbons (Fsp3) is 0.708. The van der Waals surface area contributed by atoms with Crippen LogP contribution >= 0.6 is 0 Å². The summed E-state index contributed by atoms with van der Waals surface area (Å²) >= 11 is 0. The second-order valence-corrected chi connectivity index (χ2v) is 9.32. The molecular formula is C24H34N2O6. The van der Waals surface area contributed by atoms with Crippen LogP contribution < -0.4 is 0 Å². The summed E-state index contributed by atoms with van der Waals surface area (Å²) in [7, 11) is 0. The Bertz CT molecular complexity index is 825. The van der Waals surface area contributed by atoms with Gasteiger partial charge < -0.3 is 24.4 Å². The van der Waals surface area contributed by atoms with Crippen LogP contribution in [0.4, 0.5) is 0 Å². The zero-order chi connectivity index (χ0) is 23.0. The Hall–Kier alpha value is -2.19. The number of nitrogens with zero attached hydrogens (tertiary/aromatic N) is 2. The van der Waals surface area contributed by atoms with Crippen molar-refractivity contribution in [3.63, 3.8) is 0 Å². The molecule has 7 atom stereocenters. The van der Waals surface area contributed by atoms with Crippen molar-refractivity contribution in [1.29, 1.82) is 0 Å². The van der Waals surface area contributed by atoms with Gasteiger partial charge in [0.25, 0.3) is 0 Å². The van der Waals surface area contributed by atoms with Crippen LogP contribution in [0.3, 0.4) is 0 Å². The minimum absolute atomic E-state index is 0.0271. The number of aliphatic hydroxyl groups is 1. The molecule has 0 saturated carbocycles. The van der Waals surface area contributed by atoms with Crippen LogP contribution in [0.5, 0.6) is 0 Å². The Morgan fingerprint density at radius 3 is 2.69 bits per heavy atom. The maximum atomic E-state index is 14.0. The Morgan fingerprint density at radius 1 is 1.22 bits per heavy atom. The molecule has 8 heteroatoms. The van der Waals surface area contributed by atoms with Crippen LogP contribution in [0.25, 0.3) is 0 Å². The number of rotatable bonds is 7. The Labute approximate surface area is 189 Å². The van der Waals surface area contributed by atoms with E-state index >= 15 is 0 Å². The van der Waals surface area contributed by atoms with E-state index < -0.39 is 41.6 Å². The molecule has 0 aliphatic carbocycles. The van der Waals surface area contributed by atoms with Crippen molar-refractivity contribution in [2.75, 3.05) is 26.3 Å². The number of carbonyl (C=O) groups excluding carboxylic acids is 3. The van der Waals surface area contributed by atoms with Gasteiger partial charge in [0, 0.05) is 13.1 Å². The van der Waals surface area contributed by atoms with Crippen LogP contribution in [0.1, 0.15) is 40.0 Å². The van der Waals surface area contributed by atoms with Gasteiger partial charge in [-0.3, -0.25) is 14.4 Å². The average Bonchev–Trinajstić information content (AvgIpc) is 3.09. The molecule has 0 bridgehead atoms. The van der Waals surface area contributed by atoms with E-state index in [-0.39, 0.29) is 30.9 Å². The summed E-state index contributed by atoms with van der Waals surface area (Å²) < 4.78 is 11.8. The number of hydrogen-bond acceptors (Lipinski definition) is 6. The average molecular weight is 447 g/mol. The standard InChI is InChI=1S/C24H34N2O6/c1-4-6-11-25-12-8-10-24-19(18-17(32-24)9-7-13-31-23(18)30)21(28)26(20(24)22(25)29)16(14-27)15(3)5-2/h7-10,15-20,27H,4-6,11-14H2,1-3H3/t15-,16-,17+,18-,19-,20?,24-/m0/s1. The van der Waals surface area contributed by atoms with Crippen molar-refractivity contribution < 1.29 is 29.0 Å². The van der Waals surface area contributed by atoms with Gasteiger partial charge in [0.15, 0.2) is 0 Å². The van der Waals surface area contributed by atoms with E-state index in [2.05, 4.69) is 6.92 Å². The number of likely N-dealkylation sites (tertiary alicyclic amines) is 1. The predicted octanol–water partition coefficient (Wildman–Crippen LogP) is 1.29. The molecule has 0 radical (unpaired) electrons. The first-order valence-electron chi connectivity index (χ1n) is 11.8. The van der Waals surface area contributed by atoms with Gasteiger partial charge in [0.1, 0.15) is 24.2 Å². The molecule has 0 aromatic carbocycles. The quantitative estimate of drug-likeness (QED) is 0.468. The Morgan fingerprint density at radius 2 is 2.00 bits per heavy atom. The van der Waals surface area contributed by atoms with Crippen molar-refractivity contribution in [2.24, 2.45) is 17.8 Å². The van der Waals surface area contributed by atoms with Gasteiger partial charge in [-0.15, -0.1) is 0 Å². The number of amides is 2. The fourth-order valence-electron chi connectivity index (χ4n) is 5.68. The summed E-state index contributed by atoms with van der Waals surface area (Å²) in [4.78, 5) is 44.0. The SMILES string of the molecule is CCCCN1CC=C[C@]23O[C@@H]4C=CCOC(=O)[C@@H]4[C@H]2C(=O)N([C@@H](CO)[C@@H](C)CC)C3C1=O. The van der Waals surface area contributed by atoms with Crippen LogP contribution in [0, 0.1) is 17.8 Å². The molecule has 4 heterocycles. The molecule has 176 valence electrons. The summed E-state index contributed by atoms with van der Waals surface area (Å²) in [6.45, 7) is 6.92. The lowest BCUT2D eigenvalue weighted by Crippen LogP contribution is -2.59. The zero-order valence-electron chi connectivity index (χ0n) is 19.1. The number of aliphatic hydroxyl groups excluding tert-OH is 1. The van der Waals surface area contributed by atoms with Crippen molar-refractivity contribution in [3.05, 3.63) is 24.3 Å². The first-order chi connectivity index (χ1) is 15.4. The maximum absolute atomic E-state index is 14.0. The number of hydrogen-bond donors (Lipinski definition) is 1. The number of cyclic esters (lactones) is 1. The Balaban J connectivity index is 1.84. The van der Waals surface area contributed by atoms with Gasteiger partial charge in [-0.2, -0.15) is 0 Å². The predicted molar refractivity (Wildman–Crippen MR) is 116 cm³/mol. The fourth-order valence-corrected chi connectivity index (χ4v) is 5.68. The van der Waals surface area contributed by atoms with E-state index in [0.29, 0.717) is 13.1 Å². The minimum atomic E-state index is -1.26. The van der Waals surface area contributed by atoms with Crippen molar-refractivity contribution in [3.8, 4) is 0 Å². The topological polar surface area (TPSA) is 96.4 Å². The number of carbonyl (C=O) groups is 3. The lowest BCUT2D eigenvalue weighted by molar-refractivity contribution is -0.155. The monoisotopic (exact) mass is 446 g/mol. The number of ether oxygens (including phenoxy) is 2. The van der Waals surface area contributed by atoms with Gasteiger partial charge in [-0.1, -0.05) is 51.8 Å². The molecule has 2 saturated heterocycles. The van der Waals surface area contributed by atoms with Crippen molar-refractivity contribution >= 4 is 17.8 Å². The molecule has 2 fully saturated rings. The molecule has 4 aliphatic heterocycles. The normalized spacial score (nSPS) is 35.7. The van der Waals surface area contributed by atoms with Crippen LogP contribution in [0.15, 0.2) is 24.3 Å². The summed E-state index contributed by atoms with van der Waals surface area (Å²) in [6, 6.07) is -1.46. The second-order valence-electron chi connectivity index (χ2n) is 9.32. The minimum Gasteiger partial charge on any atom is -0.461 e. The highest BCUT2D eigenvalue weighted by Crippen LogP contribution is 2.54. The number of fused-ring (bicyclic) bond motifs is 2. The van der Waals surface area contributed by atoms with E-state index in [9.17, 15) is 19.5 Å². The molecule has 1 spiro atoms. The summed E-state index contributed by atoms with van der Waals surface area (Å²) in [5, 5.41) is 10.3. The molecule has 2 amide bonds. The van der Waals surface area contributed by atoms with Crippen LogP contribution in [0.2, 0.25) is 0 Å². The van der Waals surface area contributed by atoms with Gasteiger partial charge in [-0.25, -0.2) is 0 Å². The molecular weight excluding hydrogens is 412 g/mol. The van der Waals surface area contributed by atoms with Gasteiger partial charge in [0.05, 0.1) is 24.7 Å². The van der Waals surface area contributed by atoms with Gasteiger partial charge >= 0.3 is 5.97 Å². The molecule has 4 aliphatic rings. The molecule has 0 aromatic heterocycles. The van der Waals surface area contributed by atoms with Gasteiger partial charge in [-0.05, 0) is 18.4 Å². The van der Waals surface area contributed by atoms with E-state index in [4.69, 9.17) is 9.47 Å². The third-order valence-electron chi connectivity index (χ3n) is 7.56. The Kier molecular flexibility index (Phi) is 6.45. The highest BCUT2D eigenvalue weighted by molar-refractivity contribution is 5.99. The largest absolute Gasteiger partial charge is 0.461 e. The lowest BCUT2D eigenvalue weighted by atomic mass is 9.78. The second kappa shape index (κ2) is 8.98.